The van der Waals surface area contributed by atoms with Crippen LogP contribution < -0.4 is 10.1 Å². The van der Waals surface area contributed by atoms with Crippen molar-refractivity contribution in [3.63, 3.8) is 0 Å². The molecule has 3 heterocycles. The Labute approximate surface area is 108 Å². The van der Waals surface area contributed by atoms with Crippen molar-refractivity contribution in [2.45, 2.75) is 31.2 Å². The van der Waals surface area contributed by atoms with E-state index in [-0.39, 0.29) is 0 Å². The van der Waals surface area contributed by atoms with Gasteiger partial charge in [-0.1, -0.05) is 0 Å². The van der Waals surface area contributed by atoms with Gasteiger partial charge in [-0.05, 0) is 38.8 Å². The molecule has 5 nitrogen and oxygen atoms in total. The molecule has 0 unspecified atom stereocenters. The first-order valence-electron chi connectivity index (χ1n) is 6.67. The molecule has 0 radical (unpaired) electrons. The zero-order chi connectivity index (χ0) is 12.4. The molecular formula is C13H20N4O. The first kappa shape index (κ1) is 11.7. The molecule has 98 valence electrons. The largest absolute Gasteiger partial charge is 0.481 e. The van der Waals surface area contributed by atoms with E-state index in [9.17, 15) is 0 Å². The normalized spacial score (nSPS) is 21.8. The van der Waals surface area contributed by atoms with Crippen molar-refractivity contribution in [3.8, 4) is 5.88 Å². The van der Waals surface area contributed by atoms with Crippen LogP contribution in [0.3, 0.4) is 0 Å². The molecule has 18 heavy (non-hydrogen) atoms. The average molecular weight is 248 g/mol. The van der Waals surface area contributed by atoms with Crippen LogP contribution in [0.4, 0.5) is 5.82 Å². The lowest BCUT2D eigenvalue weighted by Crippen LogP contribution is -2.44. The van der Waals surface area contributed by atoms with Gasteiger partial charge in [0.1, 0.15) is 12.1 Å². The first-order chi connectivity index (χ1) is 8.82. The monoisotopic (exact) mass is 248 g/mol. The van der Waals surface area contributed by atoms with Crippen LogP contribution in [0.2, 0.25) is 0 Å². The molecule has 0 amide bonds. The Balaban J connectivity index is 1.66. The highest BCUT2D eigenvalue weighted by molar-refractivity contribution is 5.37. The minimum atomic E-state index is 0.373. The highest BCUT2D eigenvalue weighted by Crippen LogP contribution is 2.38. The third-order valence-corrected chi connectivity index (χ3v) is 4.26. The fourth-order valence-electron chi connectivity index (χ4n) is 3.32. The lowest BCUT2D eigenvalue weighted by molar-refractivity contribution is 0.209. The van der Waals surface area contributed by atoms with Crippen molar-refractivity contribution in [2.75, 3.05) is 32.1 Å². The molecule has 0 spiro atoms. The topological polar surface area (TPSA) is 50.3 Å². The molecule has 1 aromatic heterocycles. The van der Waals surface area contributed by atoms with Crippen molar-refractivity contribution < 1.29 is 4.74 Å². The maximum atomic E-state index is 5.11. The van der Waals surface area contributed by atoms with E-state index < -0.39 is 0 Å². The van der Waals surface area contributed by atoms with Gasteiger partial charge in [-0.25, -0.2) is 9.97 Å². The van der Waals surface area contributed by atoms with Gasteiger partial charge < -0.3 is 10.1 Å². The average Bonchev–Trinajstić information content (AvgIpc) is 2.96. The van der Waals surface area contributed by atoms with Crippen molar-refractivity contribution >= 4 is 5.82 Å². The molecule has 5 heteroatoms. The molecule has 2 aliphatic heterocycles. The van der Waals surface area contributed by atoms with Crippen molar-refractivity contribution in [1.29, 1.82) is 0 Å². The summed E-state index contributed by atoms with van der Waals surface area (Å²) in [5.41, 5.74) is 0.373. The standard InChI is InChI=1S/C13H20N4O/c1-18-12-8-11(15-10-16-12)14-9-13-4-2-6-17(13)7-3-5-13/h8,10H,2-7,9H2,1H3,(H,14,15,16). The van der Waals surface area contributed by atoms with Gasteiger partial charge in [0.05, 0.1) is 7.11 Å². The first-order valence-corrected chi connectivity index (χ1v) is 6.67. The van der Waals surface area contributed by atoms with Crippen molar-refractivity contribution in [2.24, 2.45) is 0 Å². The molecule has 0 aromatic carbocycles. The van der Waals surface area contributed by atoms with Crippen LogP contribution in [0.15, 0.2) is 12.4 Å². The van der Waals surface area contributed by atoms with E-state index in [1.165, 1.54) is 38.8 Å². The molecular weight excluding hydrogens is 228 g/mol. The zero-order valence-corrected chi connectivity index (χ0v) is 10.9. The van der Waals surface area contributed by atoms with Crippen LogP contribution in [0.25, 0.3) is 0 Å². The summed E-state index contributed by atoms with van der Waals surface area (Å²) in [7, 11) is 1.63. The number of fused-ring (bicyclic) bond motifs is 1. The smallest absolute Gasteiger partial charge is 0.218 e. The molecule has 2 saturated heterocycles. The van der Waals surface area contributed by atoms with E-state index in [1.807, 2.05) is 6.07 Å². The second kappa shape index (κ2) is 4.72. The van der Waals surface area contributed by atoms with Crippen LogP contribution >= 0.6 is 0 Å². The molecule has 1 aromatic rings. The van der Waals surface area contributed by atoms with Gasteiger partial charge in [-0.15, -0.1) is 0 Å². The van der Waals surface area contributed by atoms with Crippen LogP contribution in [0.5, 0.6) is 5.88 Å². The number of hydrogen-bond donors (Lipinski definition) is 1. The summed E-state index contributed by atoms with van der Waals surface area (Å²) in [6, 6.07) is 1.85. The molecule has 2 aliphatic rings. The molecule has 0 atom stereocenters. The summed E-state index contributed by atoms with van der Waals surface area (Å²) in [5, 5.41) is 3.45. The van der Waals surface area contributed by atoms with E-state index in [1.54, 1.807) is 13.4 Å². The fraction of sp³-hybridized carbons (Fsp3) is 0.692. The lowest BCUT2D eigenvalue weighted by atomic mass is 9.94. The minimum Gasteiger partial charge on any atom is -0.481 e. The third kappa shape index (κ3) is 2.03. The number of aromatic nitrogens is 2. The van der Waals surface area contributed by atoms with Gasteiger partial charge in [-0.2, -0.15) is 0 Å². The molecule has 1 N–H and O–H groups in total. The number of anilines is 1. The van der Waals surface area contributed by atoms with E-state index in [2.05, 4.69) is 20.2 Å². The quantitative estimate of drug-likeness (QED) is 0.875. The molecule has 3 rings (SSSR count). The van der Waals surface area contributed by atoms with Gasteiger partial charge in [0.15, 0.2) is 0 Å². The second-order valence-corrected chi connectivity index (χ2v) is 5.22. The van der Waals surface area contributed by atoms with Crippen molar-refractivity contribution in [3.05, 3.63) is 12.4 Å². The van der Waals surface area contributed by atoms with Gasteiger partial charge in [0.2, 0.25) is 5.88 Å². The van der Waals surface area contributed by atoms with Gasteiger partial charge in [0, 0.05) is 18.2 Å². The Morgan fingerprint density at radius 3 is 2.83 bits per heavy atom. The Kier molecular flexibility index (Phi) is 3.07. The van der Waals surface area contributed by atoms with Crippen molar-refractivity contribution in [1.82, 2.24) is 14.9 Å². The van der Waals surface area contributed by atoms with Gasteiger partial charge in [0.25, 0.3) is 0 Å². The van der Waals surface area contributed by atoms with Gasteiger partial charge in [-0.3, -0.25) is 4.90 Å². The Morgan fingerprint density at radius 1 is 1.33 bits per heavy atom. The number of nitrogens with zero attached hydrogens (tertiary/aromatic N) is 3. The highest BCUT2D eigenvalue weighted by atomic mass is 16.5. The maximum absolute atomic E-state index is 5.11. The summed E-state index contributed by atoms with van der Waals surface area (Å²) in [6.07, 6.45) is 6.81. The highest BCUT2D eigenvalue weighted by Gasteiger charge is 2.43. The number of ether oxygens (including phenoxy) is 1. The Hall–Kier alpha value is -1.36. The summed E-state index contributed by atoms with van der Waals surface area (Å²) >= 11 is 0. The molecule has 0 bridgehead atoms. The second-order valence-electron chi connectivity index (χ2n) is 5.22. The van der Waals surface area contributed by atoms with E-state index in [0.29, 0.717) is 11.4 Å². The zero-order valence-electron chi connectivity index (χ0n) is 10.9. The van der Waals surface area contributed by atoms with Gasteiger partial charge >= 0.3 is 0 Å². The number of rotatable bonds is 4. The van der Waals surface area contributed by atoms with Crippen LogP contribution in [0.1, 0.15) is 25.7 Å². The summed E-state index contributed by atoms with van der Waals surface area (Å²) in [4.78, 5) is 10.9. The minimum absolute atomic E-state index is 0.373. The van der Waals surface area contributed by atoms with Crippen LogP contribution in [0, 0.1) is 0 Å². The predicted octanol–water partition coefficient (Wildman–Crippen LogP) is 1.53. The molecule has 0 aliphatic carbocycles. The summed E-state index contributed by atoms with van der Waals surface area (Å²) < 4.78 is 5.11. The fourth-order valence-corrected chi connectivity index (χ4v) is 3.32. The number of nitrogens with one attached hydrogen (secondary N) is 1. The number of methoxy groups -OCH3 is 1. The number of hydrogen-bond acceptors (Lipinski definition) is 5. The molecule has 2 fully saturated rings. The summed E-state index contributed by atoms with van der Waals surface area (Å²) in [5.74, 6) is 1.47. The lowest BCUT2D eigenvalue weighted by Gasteiger charge is -2.32. The third-order valence-electron chi connectivity index (χ3n) is 4.26. The molecule has 0 saturated carbocycles. The van der Waals surface area contributed by atoms with E-state index >= 15 is 0 Å². The van der Waals surface area contributed by atoms with Crippen LogP contribution in [-0.2, 0) is 0 Å². The van der Waals surface area contributed by atoms with E-state index in [4.69, 9.17) is 4.74 Å². The Morgan fingerprint density at radius 2 is 2.11 bits per heavy atom. The predicted molar refractivity (Wildman–Crippen MR) is 69.8 cm³/mol. The van der Waals surface area contributed by atoms with E-state index in [0.717, 1.165) is 12.4 Å². The van der Waals surface area contributed by atoms with Crippen LogP contribution in [-0.4, -0.2) is 47.2 Å². The Bertz CT molecular complexity index is 413. The SMILES string of the molecule is COc1cc(NCC23CCCN2CCC3)ncn1. The maximum Gasteiger partial charge on any atom is 0.218 e. The summed E-state index contributed by atoms with van der Waals surface area (Å²) in [6.45, 7) is 3.50.